The summed E-state index contributed by atoms with van der Waals surface area (Å²) in [6, 6.07) is 6.75. The van der Waals surface area contributed by atoms with Crippen LogP contribution in [0.15, 0.2) is 35.2 Å². The molecular weight excluding hydrogens is 324 g/mol. The predicted molar refractivity (Wildman–Crippen MR) is 97.8 cm³/mol. The highest BCUT2D eigenvalue weighted by atomic mass is 32.2. The fraction of sp³-hybridized carbons (Fsp3) is 0.500. The maximum absolute atomic E-state index is 12.6. The van der Waals surface area contributed by atoms with Crippen LogP contribution in [0.5, 0.6) is 0 Å². The van der Waals surface area contributed by atoms with E-state index >= 15 is 0 Å². The fourth-order valence-corrected chi connectivity index (χ4v) is 3.84. The molecule has 0 atom stereocenters. The number of sulfonamides is 1. The number of benzene rings is 1. The summed E-state index contributed by atoms with van der Waals surface area (Å²) in [5, 5.41) is 0. The van der Waals surface area contributed by atoms with Crippen LogP contribution >= 0.6 is 0 Å². The van der Waals surface area contributed by atoms with E-state index in [1.165, 1.54) is 0 Å². The van der Waals surface area contributed by atoms with Gasteiger partial charge in [0, 0.05) is 12.5 Å². The largest absolute Gasteiger partial charge is 0.370 e. The van der Waals surface area contributed by atoms with Gasteiger partial charge in [-0.2, -0.15) is 0 Å². The number of primary amides is 1. The van der Waals surface area contributed by atoms with E-state index in [2.05, 4.69) is 18.6 Å². The van der Waals surface area contributed by atoms with Crippen LogP contribution in [0, 0.1) is 0 Å². The molecule has 0 spiro atoms. The summed E-state index contributed by atoms with van der Waals surface area (Å²) in [5.74, 6) is -0.349. The van der Waals surface area contributed by atoms with Gasteiger partial charge in [-0.25, -0.2) is 13.1 Å². The Morgan fingerprint density at radius 2 is 1.92 bits per heavy atom. The molecule has 1 amide bonds. The Balaban J connectivity index is 2.84. The second-order valence-electron chi connectivity index (χ2n) is 5.88. The molecule has 3 N–H and O–H groups in total. The molecule has 24 heavy (non-hydrogen) atoms. The third-order valence-electron chi connectivity index (χ3n) is 3.63. The van der Waals surface area contributed by atoms with Gasteiger partial charge >= 0.3 is 0 Å². The highest BCUT2D eigenvalue weighted by Crippen LogP contribution is 2.16. The van der Waals surface area contributed by atoms with Gasteiger partial charge in [0.2, 0.25) is 15.9 Å². The Morgan fingerprint density at radius 3 is 2.50 bits per heavy atom. The minimum atomic E-state index is -3.53. The van der Waals surface area contributed by atoms with Gasteiger partial charge in [0.25, 0.3) is 0 Å². The van der Waals surface area contributed by atoms with Crippen LogP contribution in [0.4, 0.5) is 0 Å². The third-order valence-corrected chi connectivity index (χ3v) is 5.15. The molecule has 0 unspecified atom stereocenters. The molecule has 1 rings (SSSR count). The number of carbonyl (C=O) groups is 1. The van der Waals surface area contributed by atoms with E-state index in [1.807, 2.05) is 12.1 Å². The van der Waals surface area contributed by atoms with Crippen LogP contribution in [0.3, 0.4) is 0 Å². The molecule has 0 aliphatic heterocycles. The van der Waals surface area contributed by atoms with Crippen molar-refractivity contribution in [3.63, 3.8) is 0 Å². The Morgan fingerprint density at radius 1 is 1.25 bits per heavy atom. The second-order valence-corrected chi connectivity index (χ2v) is 7.59. The van der Waals surface area contributed by atoms with Crippen molar-refractivity contribution in [2.24, 2.45) is 5.73 Å². The first kappa shape index (κ1) is 20.4. The lowest BCUT2D eigenvalue weighted by atomic mass is 10.1. The van der Waals surface area contributed by atoms with Crippen molar-refractivity contribution in [3.8, 4) is 0 Å². The zero-order valence-corrected chi connectivity index (χ0v) is 15.3. The van der Waals surface area contributed by atoms with Crippen LogP contribution in [-0.2, 0) is 14.8 Å². The number of hydrogen-bond donors (Lipinski definition) is 2. The molecule has 0 aliphatic rings. The quantitative estimate of drug-likeness (QED) is 0.641. The number of hydrogen-bond acceptors (Lipinski definition) is 3. The molecule has 1 aromatic carbocycles. The zero-order chi connectivity index (χ0) is 18.0. The number of allylic oxidation sites excluding steroid dienone is 1. The highest BCUT2D eigenvalue weighted by Gasteiger charge is 2.19. The number of amides is 1. The molecule has 0 heterocycles. The summed E-state index contributed by atoms with van der Waals surface area (Å²) >= 11 is 0. The van der Waals surface area contributed by atoms with E-state index in [0.29, 0.717) is 6.42 Å². The van der Waals surface area contributed by atoms with Gasteiger partial charge in [-0.15, -0.1) is 0 Å². The summed E-state index contributed by atoms with van der Waals surface area (Å²) in [6.07, 6.45) is 8.00. The maximum Gasteiger partial charge on any atom is 0.240 e. The summed E-state index contributed by atoms with van der Waals surface area (Å²) in [6.45, 7) is 4.10. The van der Waals surface area contributed by atoms with Gasteiger partial charge in [-0.3, -0.25) is 4.79 Å². The first-order chi connectivity index (χ1) is 11.4. The first-order valence-corrected chi connectivity index (χ1v) is 9.94. The lowest BCUT2D eigenvalue weighted by Gasteiger charge is -2.17. The molecule has 0 saturated heterocycles. The van der Waals surface area contributed by atoms with E-state index < -0.39 is 10.0 Å². The predicted octanol–water partition coefficient (Wildman–Crippen LogP) is 3.21. The molecule has 0 aliphatic carbocycles. The number of nitrogens with two attached hydrogens (primary N) is 1. The van der Waals surface area contributed by atoms with Crippen molar-refractivity contribution in [2.75, 3.05) is 0 Å². The Bertz CT molecular complexity index is 648. The summed E-state index contributed by atoms with van der Waals surface area (Å²) in [4.78, 5) is 11.0. The van der Waals surface area contributed by atoms with Gasteiger partial charge in [0.15, 0.2) is 0 Å². The van der Waals surface area contributed by atoms with Crippen molar-refractivity contribution in [1.29, 1.82) is 0 Å². The van der Waals surface area contributed by atoms with Crippen LogP contribution in [0.1, 0.15) is 57.9 Å². The van der Waals surface area contributed by atoms with Crippen LogP contribution in [0.25, 0.3) is 6.08 Å². The average molecular weight is 353 g/mol. The van der Waals surface area contributed by atoms with Gasteiger partial charge in [-0.1, -0.05) is 51.0 Å². The maximum atomic E-state index is 12.6. The van der Waals surface area contributed by atoms with Crippen molar-refractivity contribution < 1.29 is 13.2 Å². The molecule has 6 heteroatoms. The van der Waals surface area contributed by atoms with E-state index in [-0.39, 0.29) is 23.3 Å². The molecule has 5 nitrogen and oxygen atoms in total. The van der Waals surface area contributed by atoms with Crippen molar-refractivity contribution in [1.82, 2.24) is 4.72 Å². The van der Waals surface area contributed by atoms with E-state index in [1.54, 1.807) is 24.3 Å². The van der Waals surface area contributed by atoms with Crippen LogP contribution in [0.2, 0.25) is 0 Å². The Hall–Kier alpha value is -1.66. The van der Waals surface area contributed by atoms with Gasteiger partial charge in [0.05, 0.1) is 4.90 Å². The normalized spacial score (nSPS) is 12.1. The topological polar surface area (TPSA) is 89.3 Å². The molecule has 0 aromatic heterocycles. The van der Waals surface area contributed by atoms with E-state index in [0.717, 1.165) is 31.2 Å². The minimum Gasteiger partial charge on any atom is -0.370 e. The first-order valence-electron chi connectivity index (χ1n) is 8.46. The lowest BCUT2D eigenvalue weighted by molar-refractivity contribution is -0.117. The van der Waals surface area contributed by atoms with Gasteiger partial charge < -0.3 is 5.73 Å². The van der Waals surface area contributed by atoms with Gasteiger partial charge in [-0.05, 0) is 37.0 Å². The summed E-state index contributed by atoms with van der Waals surface area (Å²) in [5.41, 5.74) is 5.87. The average Bonchev–Trinajstić information content (AvgIpc) is 2.52. The third kappa shape index (κ3) is 7.27. The number of carbonyl (C=O) groups excluding carboxylic acids is 1. The number of rotatable bonds is 11. The van der Waals surface area contributed by atoms with Crippen molar-refractivity contribution in [2.45, 2.75) is 63.3 Å². The second kappa shape index (κ2) is 10.3. The van der Waals surface area contributed by atoms with Crippen LogP contribution < -0.4 is 10.5 Å². The molecular formula is C18H28N2O3S. The van der Waals surface area contributed by atoms with Gasteiger partial charge in [0.1, 0.15) is 0 Å². The molecule has 134 valence electrons. The SMILES string of the molecule is CCCC(CCC)NS(=O)(=O)c1cccc(/C=C/CCC(N)=O)c1. The standard InChI is InChI=1S/C18H28N2O3S/c1-3-8-16(9-4-2)20-24(22,23)17-12-7-11-15(14-17)10-5-6-13-18(19)21/h5,7,10-12,14,16,20H,3-4,6,8-9,13H2,1-2H3,(H2,19,21)/b10-5+. The Kier molecular flexibility index (Phi) is 8.71. The zero-order valence-electron chi connectivity index (χ0n) is 14.5. The molecule has 0 saturated carbocycles. The van der Waals surface area contributed by atoms with Crippen LogP contribution in [-0.4, -0.2) is 20.4 Å². The van der Waals surface area contributed by atoms with E-state index in [9.17, 15) is 13.2 Å². The number of nitrogens with one attached hydrogen (secondary N) is 1. The van der Waals surface area contributed by atoms with Crippen molar-refractivity contribution >= 4 is 22.0 Å². The molecule has 0 bridgehead atoms. The molecule has 0 fully saturated rings. The lowest BCUT2D eigenvalue weighted by Crippen LogP contribution is -2.34. The monoisotopic (exact) mass is 352 g/mol. The minimum absolute atomic E-state index is 0.0280. The summed E-state index contributed by atoms with van der Waals surface area (Å²) < 4.78 is 27.9. The molecule has 0 radical (unpaired) electrons. The van der Waals surface area contributed by atoms with Crippen molar-refractivity contribution in [3.05, 3.63) is 35.9 Å². The fourth-order valence-electron chi connectivity index (χ4n) is 2.48. The molecule has 1 aromatic rings. The summed E-state index contributed by atoms with van der Waals surface area (Å²) in [7, 11) is -3.53. The highest BCUT2D eigenvalue weighted by molar-refractivity contribution is 7.89. The smallest absolute Gasteiger partial charge is 0.240 e. The Labute approximate surface area is 145 Å². The van der Waals surface area contributed by atoms with E-state index in [4.69, 9.17) is 5.73 Å².